The smallest absolute Gasteiger partial charge is 0.297 e. The fourth-order valence-corrected chi connectivity index (χ4v) is 10.3. The predicted octanol–water partition coefficient (Wildman–Crippen LogP) is 3.97. The van der Waals surface area contributed by atoms with Crippen LogP contribution in [0, 0.1) is 0 Å². The Morgan fingerprint density at radius 1 is 0.636 bits per heavy atom. The van der Waals surface area contributed by atoms with Crippen LogP contribution in [0.4, 0.5) is 0 Å². The molecule has 0 amide bonds. The Morgan fingerprint density at radius 2 is 0.864 bits per heavy atom. The normalized spacial score (nSPS) is 13.0. The summed E-state index contributed by atoms with van der Waals surface area (Å²) in [5, 5.41) is 0. The summed E-state index contributed by atoms with van der Waals surface area (Å²) < 4.78 is 57.1. The molecule has 0 aliphatic heterocycles. The summed E-state index contributed by atoms with van der Waals surface area (Å²) in [6, 6.07) is 0. The lowest BCUT2D eigenvalue weighted by atomic mass is 10.9. The first-order valence-corrected chi connectivity index (χ1v) is 13.4. The largest absolute Gasteiger partial charge is 0.430 e. The van der Waals surface area contributed by atoms with E-state index in [1.807, 2.05) is 0 Å². The number of hydrogen-bond donors (Lipinski definition) is 0. The van der Waals surface area contributed by atoms with Crippen molar-refractivity contribution in [2.45, 2.75) is 0 Å². The van der Waals surface area contributed by atoms with E-state index in [0.29, 0.717) is 0 Å². The maximum atomic E-state index is 12.5. The Hall–Kier alpha value is 1.61. The van der Waals surface area contributed by atoms with Crippen molar-refractivity contribution in [3.8, 4) is 0 Å². The fourth-order valence-electron chi connectivity index (χ4n) is 0.963. The van der Waals surface area contributed by atoms with Crippen LogP contribution in [0.5, 0.6) is 0 Å². The summed E-state index contributed by atoms with van der Waals surface area (Å²) in [6.07, 6.45) is 0. The molecule has 22 heavy (non-hydrogen) atoms. The molecule has 0 unspecified atom stereocenters. The van der Waals surface area contributed by atoms with Gasteiger partial charge < -0.3 is 0 Å². The van der Waals surface area contributed by atoms with Crippen LogP contribution in [0.1, 0.15) is 0 Å². The van der Waals surface area contributed by atoms with Crippen LogP contribution in [0.15, 0.2) is 0 Å². The van der Waals surface area contributed by atoms with Crippen molar-refractivity contribution in [2.24, 2.45) is 0 Å². The molecular formula is C8H16Cl4O7P2S. The number of alkyl halides is 4. The summed E-state index contributed by atoms with van der Waals surface area (Å²) in [5.74, 6) is -0.163. The Kier molecular flexibility index (Phi) is 13.8. The van der Waals surface area contributed by atoms with E-state index in [4.69, 9.17) is 64.5 Å². The van der Waals surface area contributed by atoms with Gasteiger partial charge in [-0.25, -0.2) is 13.3 Å². The van der Waals surface area contributed by atoms with Crippen molar-refractivity contribution >= 4 is 70.0 Å². The molecule has 0 saturated carbocycles. The molecular weight excluding hydrogens is 444 g/mol. The van der Waals surface area contributed by atoms with Crippen molar-refractivity contribution in [1.29, 1.82) is 0 Å². The van der Waals surface area contributed by atoms with Crippen LogP contribution < -0.4 is 0 Å². The maximum absolute atomic E-state index is 12.5. The first-order chi connectivity index (χ1) is 10.4. The van der Waals surface area contributed by atoms with E-state index in [1.54, 1.807) is 0 Å². The van der Waals surface area contributed by atoms with Gasteiger partial charge in [-0.3, -0.25) is 18.1 Å². The molecule has 0 aromatic rings. The molecule has 0 radical (unpaired) electrons. The Labute approximate surface area is 151 Å². The van der Waals surface area contributed by atoms with E-state index in [0.717, 1.165) is 0 Å². The second kappa shape index (κ2) is 12.9. The lowest BCUT2D eigenvalue weighted by molar-refractivity contribution is 0.231. The molecule has 0 aliphatic carbocycles. The zero-order chi connectivity index (χ0) is 17.1. The first-order valence-electron chi connectivity index (χ1n) is 5.85. The topological polar surface area (TPSA) is 88.1 Å². The zero-order valence-electron chi connectivity index (χ0n) is 11.3. The Morgan fingerprint density at radius 3 is 1.05 bits per heavy atom. The molecule has 0 atom stereocenters. The molecule has 0 bridgehead atoms. The summed E-state index contributed by atoms with van der Waals surface area (Å²) in [7, 11) is -2.75. The van der Waals surface area contributed by atoms with Gasteiger partial charge in [-0.2, -0.15) is 0 Å². The van der Waals surface area contributed by atoms with Crippen LogP contribution in [-0.4, -0.2) is 54.2 Å². The fraction of sp³-hybridized carbons (Fsp3) is 1.00. The average Bonchev–Trinajstić information content (AvgIpc) is 2.53. The van der Waals surface area contributed by atoms with Crippen molar-refractivity contribution < 1.29 is 31.4 Å². The van der Waals surface area contributed by atoms with E-state index in [9.17, 15) is 13.3 Å². The van der Waals surface area contributed by atoms with Gasteiger partial charge in [0.25, 0.3) is 0 Å². The van der Waals surface area contributed by atoms with Gasteiger partial charge in [-0.15, -0.1) is 46.4 Å². The minimum atomic E-state index is -4.34. The summed E-state index contributed by atoms with van der Waals surface area (Å²) >= 11 is 21.7. The molecule has 0 heterocycles. The molecule has 134 valence electrons. The van der Waals surface area contributed by atoms with Crippen LogP contribution in [0.3, 0.4) is 0 Å². The lowest BCUT2D eigenvalue weighted by Gasteiger charge is -2.22. The minimum Gasteiger partial charge on any atom is -0.297 e. The second-order valence-electron chi connectivity index (χ2n) is 3.21. The molecule has 7 nitrogen and oxygen atoms in total. The number of halogens is 4. The van der Waals surface area contributed by atoms with Gasteiger partial charge in [-0.1, -0.05) is 0 Å². The standard InChI is InChI=1S/C8H16Cl4O7P2S/c9-1-5-16-20(13,17-6-2-10)22(15)21(14,18-7-3-11)19-8-4-12/h1-8H2. The monoisotopic (exact) mass is 458 g/mol. The third-order valence-electron chi connectivity index (χ3n) is 1.69. The van der Waals surface area contributed by atoms with Gasteiger partial charge in [0.1, 0.15) is 0 Å². The van der Waals surface area contributed by atoms with E-state index in [1.165, 1.54) is 0 Å². The van der Waals surface area contributed by atoms with Crippen molar-refractivity contribution in [3.05, 3.63) is 0 Å². The highest BCUT2D eigenvalue weighted by atomic mass is 35.5. The van der Waals surface area contributed by atoms with Crippen LogP contribution in [0.25, 0.3) is 0 Å². The summed E-state index contributed by atoms with van der Waals surface area (Å²) in [4.78, 5) is 0. The van der Waals surface area contributed by atoms with Crippen molar-refractivity contribution in [2.75, 3.05) is 49.9 Å². The molecule has 0 rings (SSSR count). The quantitative estimate of drug-likeness (QED) is 0.287. The molecule has 0 spiro atoms. The van der Waals surface area contributed by atoms with Crippen LogP contribution in [-0.2, 0) is 37.3 Å². The van der Waals surface area contributed by atoms with E-state index in [2.05, 4.69) is 0 Å². The van der Waals surface area contributed by atoms with Gasteiger partial charge in [0.2, 0.25) is 10.0 Å². The predicted molar refractivity (Wildman–Crippen MR) is 90.0 cm³/mol. The number of hydrogen-bond acceptors (Lipinski definition) is 7. The molecule has 0 aromatic carbocycles. The van der Waals surface area contributed by atoms with Gasteiger partial charge in [0, 0.05) is 23.5 Å². The van der Waals surface area contributed by atoms with E-state index in [-0.39, 0.29) is 49.9 Å². The summed E-state index contributed by atoms with van der Waals surface area (Å²) in [5.41, 5.74) is 0. The molecule has 0 aliphatic rings. The van der Waals surface area contributed by atoms with Crippen molar-refractivity contribution in [1.82, 2.24) is 0 Å². The zero-order valence-corrected chi connectivity index (χ0v) is 17.0. The van der Waals surface area contributed by atoms with Gasteiger partial charge in [0.05, 0.1) is 26.4 Å². The Balaban J connectivity index is 5.30. The molecule has 14 heteroatoms. The number of rotatable bonds is 14. The van der Waals surface area contributed by atoms with Crippen molar-refractivity contribution in [3.63, 3.8) is 0 Å². The third kappa shape index (κ3) is 8.13. The highest BCUT2D eigenvalue weighted by Crippen LogP contribution is 2.69. The third-order valence-corrected chi connectivity index (χ3v) is 12.2. The molecule has 0 saturated heterocycles. The lowest BCUT2D eigenvalue weighted by Crippen LogP contribution is -2.10. The van der Waals surface area contributed by atoms with Crippen LogP contribution in [0.2, 0.25) is 0 Å². The summed E-state index contributed by atoms with van der Waals surface area (Å²) in [6.45, 7) is -9.64. The van der Waals surface area contributed by atoms with Gasteiger partial charge in [0.15, 0.2) is 0 Å². The Bertz CT molecular complexity index is 367. The molecule has 0 aromatic heterocycles. The first kappa shape index (κ1) is 23.6. The van der Waals surface area contributed by atoms with Gasteiger partial charge in [-0.05, 0) is 0 Å². The van der Waals surface area contributed by atoms with E-state index < -0.39 is 23.6 Å². The average molecular weight is 460 g/mol. The highest BCUT2D eigenvalue weighted by molar-refractivity contribution is 8.76. The van der Waals surface area contributed by atoms with Gasteiger partial charge >= 0.3 is 13.6 Å². The highest BCUT2D eigenvalue weighted by Gasteiger charge is 2.49. The SMILES string of the molecule is O=S(P(=O)(OCCCl)OCCCl)P(=O)(OCCCl)OCCCl. The van der Waals surface area contributed by atoms with Crippen LogP contribution >= 0.6 is 60.0 Å². The molecule has 0 N–H and O–H groups in total. The maximum Gasteiger partial charge on any atom is 0.430 e. The van der Waals surface area contributed by atoms with E-state index >= 15 is 0 Å². The second-order valence-corrected chi connectivity index (χ2v) is 13.5. The minimum absolute atomic E-state index is 0.0409. The molecule has 0 fully saturated rings.